The monoisotopic (exact) mass is 309 g/mol. The number of aliphatic carboxylic acids is 1. The van der Waals surface area contributed by atoms with Crippen molar-refractivity contribution in [3.63, 3.8) is 0 Å². The van der Waals surface area contributed by atoms with Crippen molar-refractivity contribution in [2.45, 2.75) is 19.1 Å². The fourth-order valence-electron chi connectivity index (χ4n) is 2.03. The molecule has 2 rings (SSSR count). The van der Waals surface area contributed by atoms with Crippen LogP contribution >= 0.6 is 0 Å². The van der Waals surface area contributed by atoms with E-state index >= 15 is 0 Å². The maximum absolute atomic E-state index is 11.1. The van der Waals surface area contributed by atoms with Gasteiger partial charge in [-0.05, 0) is 0 Å². The summed E-state index contributed by atoms with van der Waals surface area (Å²) < 4.78 is 15.9. The van der Waals surface area contributed by atoms with Crippen LogP contribution in [0.2, 0.25) is 0 Å². The summed E-state index contributed by atoms with van der Waals surface area (Å²) in [7, 11) is 0.469. The summed E-state index contributed by atoms with van der Waals surface area (Å²) in [5.41, 5.74) is 1.89. The number of carboxylic acids is 1. The van der Waals surface area contributed by atoms with Gasteiger partial charge in [-0.15, -0.1) is 0 Å². The van der Waals surface area contributed by atoms with E-state index < -0.39 is 12.0 Å². The van der Waals surface area contributed by atoms with E-state index in [2.05, 4.69) is 4.99 Å². The first-order valence-electron chi connectivity index (χ1n) is 7.14. The molecule has 1 atom stereocenters. The molecule has 0 amide bonds. The van der Waals surface area contributed by atoms with Crippen molar-refractivity contribution >= 4 is 19.2 Å². The Hall–Kier alpha value is -2.76. The van der Waals surface area contributed by atoms with Crippen LogP contribution in [0.15, 0.2) is 59.6 Å². The third-order valence-electron chi connectivity index (χ3n) is 3.21. The van der Waals surface area contributed by atoms with Gasteiger partial charge in [-0.25, -0.2) is 0 Å². The molecule has 0 spiro atoms. The van der Waals surface area contributed by atoms with Crippen LogP contribution in [0.5, 0.6) is 5.75 Å². The Morgan fingerprint density at radius 1 is 1.13 bits per heavy atom. The topological polar surface area (TPSA) is 76.0 Å². The van der Waals surface area contributed by atoms with Crippen LogP contribution in [0.3, 0.4) is 0 Å². The molecule has 116 valence electrons. The minimum atomic E-state index is -1.06. The number of hydrogen-bond acceptors (Lipinski definition) is 4. The molecular formula is C17H16BNO4. The number of carboxylic acid groups (broad SMARTS) is 1. The average Bonchev–Trinajstić information content (AvgIpc) is 2.58. The number of hydrogen-bond donors (Lipinski definition) is 1. The molecule has 0 saturated heterocycles. The fourth-order valence-corrected chi connectivity index (χ4v) is 2.03. The predicted octanol–water partition coefficient (Wildman–Crippen LogP) is 2.34. The summed E-state index contributed by atoms with van der Waals surface area (Å²) in [6.07, 6.45) is 1.19. The van der Waals surface area contributed by atoms with Gasteiger partial charge in [-0.2, -0.15) is 0 Å². The van der Waals surface area contributed by atoms with E-state index in [4.69, 9.17) is 9.84 Å². The average molecular weight is 309 g/mol. The summed E-state index contributed by atoms with van der Waals surface area (Å²) in [6, 6.07) is 16.0. The normalized spacial score (nSPS) is 11.8. The van der Waals surface area contributed by atoms with Crippen molar-refractivity contribution in [3.05, 3.63) is 65.7 Å². The summed E-state index contributed by atoms with van der Waals surface area (Å²) >= 11 is 0. The Morgan fingerprint density at radius 2 is 1.83 bits per heavy atom. The molecule has 0 unspecified atom stereocenters. The van der Waals surface area contributed by atoms with E-state index in [0.29, 0.717) is 19.5 Å². The molecule has 0 aliphatic carbocycles. The molecule has 6 heteroatoms. The Bertz CT molecular complexity index is 671. The summed E-state index contributed by atoms with van der Waals surface area (Å²) in [6.45, 7) is 0.474. The SMILES string of the molecule is O=B/C=N\[C@@H](Cc1ccc(OCc2ccccc2)cc1)C(=O)O. The van der Waals surface area contributed by atoms with Gasteiger partial charge in [-0.3, -0.25) is 0 Å². The number of nitrogens with zero attached hydrogens (tertiary/aromatic N) is 1. The van der Waals surface area contributed by atoms with Crippen molar-refractivity contribution in [3.8, 4) is 5.75 Å². The standard InChI is InChI=1S/C17H16BNO4/c20-17(21)16(19-12-18-22)10-13-6-8-15(9-7-13)23-11-14-4-2-1-3-5-14/h1-9,12,16H,10-11H2,(H,20,21)/b19-12-/t16-/m0/s1. The molecule has 0 fully saturated rings. The second-order valence-corrected chi connectivity index (χ2v) is 4.91. The van der Waals surface area contributed by atoms with Crippen molar-refractivity contribution in [1.82, 2.24) is 0 Å². The van der Waals surface area contributed by atoms with Gasteiger partial charge in [0.15, 0.2) is 0 Å². The zero-order valence-corrected chi connectivity index (χ0v) is 12.5. The molecule has 0 bridgehead atoms. The molecule has 2 aromatic rings. The predicted molar refractivity (Wildman–Crippen MR) is 87.3 cm³/mol. The Labute approximate surface area is 134 Å². The van der Waals surface area contributed by atoms with E-state index in [1.54, 1.807) is 24.3 Å². The van der Waals surface area contributed by atoms with Crippen LogP contribution in [0.1, 0.15) is 11.1 Å². The van der Waals surface area contributed by atoms with E-state index in [0.717, 1.165) is 17.2 Å². The van der Waals surface area contributed by atoms with E-state index in [-0.39, 0.29) is 6.42 Å². The minimum absolute atomic E-state index is 0.221. The van der Waals surface area contributed by atoms with Crippen LogP contribution in [-0.4, -0.2) is 30.4 Å². The number of ether oxygens (including phenoxy) is 1. The first-order chi connectivity index (χ1) is 11.2. The molecular weight excluding hydrogens is 293 g/mol. The molecule has 0 aliphatic rings. The Kier molecular flexibility index (Phi) is 6.23. The van der Waals surface area contributed by atoms with E-state index in [1.165, 1.54) is 0 Å². The second-order valence-electron chi connectivity index (χ2n) is 4.91. The molecule has 0 radical (unpaired) electrons. The third kappa shape index (κ3) is 5.50. The molecule has 0 aliphatic heterocycles. The fraction of sp³-hybridized carbons (Fsp3) is 0.176. The molecule has 0 aromatic heterocycles. The molecule has 23 heavy (non-hydrogen) atoms. The van der Waals surface area contributed by atoms with Gasteiger partial charge < -0.3 is 0 Å². The molecule has 5 nitrogen and oxygen atoms in total. The van der Waals surface area contributed by atoms with Gasteiger partial charge >= 0.3 is 116 Å². The van der Waals surface area contributed by atoms with E-state index in [9.17, 15) is 9.50 Å². The maximum atomic E-state index is 11.1. The van der Waals surface area contributed by atoms with Crippen LogP contribution in [0.4, 0.5) is 0 Å². The van der Waals surface area contributed by atoms with E-state index in [1.807, 2.05) is 30.3 Å². The molecule has 0 saturated carbocycles. The van der Waals surface area contributed by atoms with Crippen molar-refractivity contribution in [1.29, 1.82) is 0 Å². The summed E-state index contributed by atoms with van der Waals surface area (Å²) in [4.78, 5) is 14.8. The number of aliphatic imine (C=N–C) groups is 1. The Balaban J connectivity index is 1.94. The number of rotatable bonds is 8. The zero-order valence-electron chi connectivity index (χ0n) is 12.5. The van der Waals surface area contributed by atoms with Gasteiger partial charge in [0.25, 0.3) is 0 Å². The zero-order chi connectivity index (χ0) is 16.5. The first-order valence-corrected chi connectivity index (χ1v) is 7.14. The molecule has 0 heterocycles. The first kappa shape index (κ1) is 16.6. The van der Waals surface area contributed by atoms with Gasteiger partial charge in [0, 0.05) is 0 Å². The van der Waals surface area contributed by atoms with Gasteiger partial charge in [0.1, 0.15) is 0 Å². The second kappa shape index (κ2) is 8.63. The van der Waals surface area contributed by atoms with Crippen LogP contribution in [0, 0.1) is 0 Å². The number of carbonyl (C=O) groups is 1. The third-order valence-corrected chi connectivity index (χ3v) is 3.21. The number of benzene rings is 2. The van der Waals surface area contributed by atoms with Gasteiger partial charge in [-0.1, -0.05) is 18.2 Å². The van der Waals surface area contributed by atoms with Gasteiger partial charge in [0.2, 0.25) is 0 Å². The quantitative estimate of drug-likeness (QED) is 0.600. The van der Waals surface area contributed by atoms with Gasteiger partial charge in [0.05, 0.1) is 0 Å². The van der Waals surface area contributed by atoms with Crippen LogP contribution in [-0.2, 0) is 22.5 Å². The van der Waals surface area contributed by atoms with Crippen molar-refractivity contribution < 1.29 is 19.3 Å². The molecule has 1 N–H and O–H groups in total. The van der Waals surface area contributed by atoms with Crippen molar-refractivity contribution in [2.24, 2.45) is 4.99 Å². The summed E-state index contributed by atoms with van der Waals surface area (Å²) in [5.74, 6) is -0.353. The van der Waals surface area contributed by atoms with Crippen molar-refractivity contribution in [2.75, 3.05) is 0 Å². The summed E-state index contributed by atoms with van der Waals surface area (Å²) in [5, 5.41) is 9.07. The molecule has 2 aromatic carbocycles. The van der Waals surface area contributed by atoms with Crippen LogP contribution < -0.4 is 4.74 Å². The Morgan fingerprint density at radius 3 is 2.43 bits per heavy atom. The van der Waals surface area contributed by atoms with Crippen LogP contribution in [0.25, 0.3) is 0 Å².